The molecule has 0 aromatic carbocycles. The maximum Gasteiger partial charge on any atom is 0.283 e. The van der Waals surface area contributed by atoms with Gasteiger partial charge < -0.3 is 10.4 Å². The molecule has 102 valence electrons. The Morgan fingerprint density at radius 1 is 1.56 bits per heavy atom. The first-order valence-electron chi connectivity index (χ1n) is 6.14. The number of aromatic nitrogens is 2. The minimum absolute atomic E-state index is 0.0160. The highest BCUT2D eigenvalue weighted by molar-refractivity contribution is 9.10. The molecule has 18 heavy (non-hydrogen) atoms. The number of hydrogen-bond donors (Lipinski definition) is 2. The molecule has 0 bridgehead atoms. The van der Waals surface area contributed by atoms with Gasteiger partial charge in [-0.3, -0.25) is 4.79 Å². The maximum atomic E-state index is 12.0. The summed E-state index contributed by atoms with van der Waals surface area (Å²) >= 11 is 3.29. The van der Waals surface area contributed by atoms with E-state index >= 15 is 0 Å². The molecule has 2 N–H and O–H groups in total. The van der Waals surface area contributed by atoms with Crippen molar-refractivity contribution in [1.82, 2.24) is 9.78 Å². The fourth-order valence-corrected chi connectivity index (χ4v) is 1.98. The number of rotatable bonds is 6. The summed E-state index contributed by atoms with van der Waals surface area (Å²) < 4.78 is 1.89. The van der Waals surface area contributed by atoms with Crippen molar-refractivity contribution in [2.45, 2.75) is 39.8 Å². The van der Waals surface area contributed by atoms with E-state index < -0.39 is 0 Å². The minimum atomic E-state index is -0.151. The number of aliphatic hydroxyl groups is 1. The third-order valence-corrected chi connectivity index (χ3v) is 3.53. The zero-order valence-corrected chi connectivity index (χ0v) is 12.6. The summed E-state index contributed by atoms with van der Waals surface area (Å²) in [6.45, 7) is 6.63. The summed E-state index contributed by atoms with van der Waals surface area (Å²) in [7, 11) is 0. The number of aliphatic hydroxyl groups excluding tert-OH is 1. The predicted octanol–water partition coefficient (Wildman–Crippen LogP) is 1.84. The van der Waals surface area contributed by atoms with Gasteiger partial charge in [0.05, 0.1) is 24.5 Å². The van der Waals surface area contributed by atoms with Crippen LogP contribution in [0.5, 0.6) is 0 Å². The molecule has 1 rings (SSSR count). The van der Waals surface area contributed by atoms with Crippen molar-refractivity contribution in [3.05, 3.63) is 21.0 Å². The highest BCUT2D eigenvalue weighted by atomic mass is 79.9. The molecule has 0 saturated heterocycles. The summed E-state index contributed by atoms with van der Waals surface area (Å²) in [5.41, 5.74) is 0.474. The van der Waals surface area contributed by atoms with Crippen molar-refractivity contribution in [1.29, 1.82) is 0 Å². The van der Waals surface area contributed by atoms with Crippen molar-refractivity contribution < 1.29 is 5.11 Å². The summed E-state index contributed by atoms with van der Waals surface area (Å²) in [5, 5.41) is 16.5. The smallest absolute Gasteiger partial charge is 0.283 e. The van der Waals surface area contributed by atoms with E-state index in [0.717, 1.165) is 6.42 Å². The van der Waals surface area contributed by atoms with Crippen LogP contribution in [0.3, 0.4) is 0 Å². The number of halogens is 1. The molecule has 0 saturated carbocycles. The quantitative estimate of drug-likeness (QED) is 0.840. The molecular formula is C12H20BrN3O2. The lowest BCUT2D eigenvalue weighted by Crippen LogP contribution is -2.32. The summed E-state index contributed by atoms with van der Waals surface area (Å²) in [6.07, 6.45) is 2.48. The molecule has 0 radical (unpaired) electrons. The van der Waals surface area contributed by atoms with E-state index in [4.69, 9.17) is 0 Å². The lowest BCUT2D eigenvalue weighted by molar-refractivity contribution is 0.249. The fraction of sp³-hybridized carbons (Fsp3) is 0.667. The van der Waals surface area contributed by atoms with Gasteiger partial charge in [-0.25, -0.2) is 4.68 Å². The Kier molecular flexibility index (Phi) is 5.81. The number of anilines is 1. The highest BCUT2D eigenvalue weighted by Crippen LogP contribution is 2.19. The zero-order valence-electron chi connectivity index (χ0n) is 11.0. The Hall–Kier alpha value is -0.880. The van der Waals surface area contributed by atoms with E-state index in [1.165, 1.54) is 4.68 Å². The lowest BCUT2D eigenvalue weighted by Gasteiger charge is -2.21. The van der Waals surface area contributed by atoms with E-state index in [0.29, 0.717) is 16.7 Å². The molecule has 0 amide bonds. The van der Waals surface area contributed by atoms with Gasteiger partial charge in [0.1, 0.15) is 4.47 Å². The van der Waals surface area contributed by atoms with Gasteiger partial charge in [-0.15, -0.1) is 0 Å². The first-order chi connectivity index (χ1) is 8.51. The second kappa shape index (κ2) is 6.89. The van der Waals surface area contributed by atoms with Crippen LogP contribution >= 0.6 is 15.9 Å². The molecule has 6 heteroatoms. The fourth-order valence-electron chi connectivity index (χ4n) is 1.56. The second-order valence-electron chi connectivity index (χ2n) is 4.58. The topological polar surface area (TPSA) is 67.2 Å². The number of nitrogens with one attached hydrogen (secondary N) is 1. The van der Waals surface area contributed by atoms with Crippen LogP contribution in [0.4, 0.5) is 5.69 Å². The van der Waals surface area contributed by atoms with Gasteiger partial charge in [0.2, 0.25) is 0 Å². The molecule has 1 heterocycles. The monoisotopic (exact) mass is 317 g/mol. The van der Waals surface area contributed by atoms with Crippen molar-refractivity contribution in [3.8, 4) is 0 Å². The standard InChI is InChI=1S/C12H20BrN3O2/c1-4-5-16-12(18)11(13)9(6-14-16)15-10(7-17)8(2)3/h6,8,10,15,17H,4-5,7H2,1-3H3. The summed E-state index contributed by atoms with van der Waals surface area (Å²) in [4.78, 5) is 12.0. The van der Waals surface area contributed by atoms with Crippen LogP contribution in [-0.4, -0.2) is 27.5 Å². The van der Waals surface area contributed by atoms with Gasteiger partial charge in [-0.2, -0.15) is 5.10 Å². The molecule has 0 spiro atoms. The van der Waals surface area contributed by atoms with E-state index in [1.807, 2.05) is 20.8 Å². The van der Waals surface area contributed by atoms with E-state index in [-0.39, 0.29) is 24.1 Å². The van der Waals surface area contributed by atoms with Crippen LogP contribution in [-0.2, 0) is 6.54 Å². The van der Waals surface area contributed by atoms with Crippen LogP contribution in [0.1, 0.15) is 27.2 Å². The molecule has 0 fully saturated rings. The molecule has 1 aromatic heterocycles. The Labute approximate surface area is 115 Å². The molecule has 1 aromatic rings. The minimum Gasteiger partial charge on any atom is -0.394 e. The van der Waals surface area contributed by atoms with Crippen LogP contribution in [0.2, 0.25) is 0 Å². The average molecular weight is 318 g/mol. The van der Waals surface area contributed by atoms with Crippen LogP contribution in [0, 0.1) is 5.92 Å². The Balaban J connectivity index is 2.98. The van der Waals surface area contributed by atoms with Gasteiger partial charge in [0.15, 0.2) is 0 Å². The molecular weight excluding hydrogens is 298 g/mol. The van der Waals surface area contributed by atoms with Gasteiger partial charge in [-0.05, 0) is 28.3 Å². The van der Waals surface area contributed by atoms with Gasteiger partial charge in [-0.1, -0.05) is 20.8 Å². The largest absolute Gasteiger partial charge is 0.394 e. The Morgan fingerprint density at radius 2 is 2.22 bits per heavy atom. The van der Waals surface area contributed by atoms with Crippen molar-refractivity contribution in [2.24, 2.45) is 5.92 Å². The van der Waals surface area contributed by atoms with Gasteiger partial charge in [0, 0.05) is 6.54 Å². The van der Waals surface area contributed by atoms with E-state index in [1.54, 1.807) is 6.20 Å². The molecule has 0 aliphatic carbocycles. The van der Waals surface area contributed by atoms with Crippen molar-refractivity contribution in [2.75, 3.05) is 11.9 Å². The molecule has 0 aliphatic rings. The highest BCUT2D eigenvalue weighted by Gasteiger charge is 2.15. The second-order valence-corrected chi connectivity index (χ2v) is 5.37. The first-order valence-corrected chi connectivity index (χ1v) is 6.93. The predicted molar refractivity (Wildman–Crippen MR) is 75.8 cm³/mol. The normalized spacial score (nSPS) is 12.8. The van der Waals surface area contributed by atoms with Crippen LogP contribution < -0.4 is 10.9 Å². The van der Waals surface area contributed by atoms with Crippen LogP contribution in [0.25, 0.3) is 0 Å². The molecule has 0 aliphatic heterocycles. The van der Waals surface area contributed by atoms with Crippen molar-refractivity contribution >= 4 is 21.6 Å². The van der Waals surface area contributed by atoms with E-state index in [9.17, 15) is 9.90 Å². The number of hydrogen-bond acceptors (Lipinski definition) is 4. The van der Waals surface area contributed by atoms with Crippen molar-refractivity contribution in [3.63, 3.8) is 0 Å². The molecule has 5 nitrogen and oxygen atoms in total. The Bertz CT molecular complexity index is 445. The molecule has 1 atom stereocenters. The van der Waals surface area contributed by atoms with Gasteiger partial charge >= 0.3 is 0 Å². The Morgan fingerprint density at radius 3 is 2.72 bits per heavy atom. The van der Waals surface area contributed by atoms with E-state index in [2.05, 4.69) is 26.3 Å². The third kappa shape index (κ3) is 3.55. The third-order valence-electron chi connectivity index (χ3n) is 2.76. The van der Waals surface area contributed by atoms with Gasteiger partial charge in [0.25, 0.3) is 5.56 Å². The lowest BCUT2D eigenvalue weighted by atomic mass is 10.1. The molecule has 1 unspecified atom stereocenters. The average Bonchev–Trinajstić information content (AvgIpc) is 2.34. The maximum absolute atomic E-state index is 12.0. The SMILES string of the molecule is CCCn1ncc(NC(CO)C(C)C)c(Br)c1=O. The summed E-state index contributed by atoms with van der Waals surface area (Å²) in [5.74, 6) is 0.264. The number of nitrogens with zero attached hydrogens (tertiary/aromatic N) is 2. The zero-order chi connectivity index (χ0) is 13.7. The summed E-state index contributed by atoms with van der Waals surface area (Å²) in [6, 6.07) is -0.0930. The first kappa shape index (κ1) is 15.2. The van der Waals surface area contributed by atoms with Crippen LogP contribution in [0.15, 0.2) is 15.5 Å². The number of aryl methyl sites for hydroxylation is 1.